The number of halogens is 1. The van der Waals surface area contributed by atoms with Crippen molar-refractivity contribution >= 4 is 29.9 Å². The van der Waals surface area contributed by atoms with Gasteiger partial charge in [0.25, 0.3) is 0 Å². The summed E-state index contributed by atoms with van der Waals surface area (Å²) in [5.41, 5.74) is 1.46. The maximum absolute atomic E-state index is 5.65. The van der Waals surface area contributed by atoms with Crippen molar-refractivity contribution in [1.82, 2.24) is 25.0 Å². The molecular weight excluding hydrogens is 455 g/mol. The molecule has 0 bridgehead atoms. The fourth-order valence-corrected chi connectivity index (χ4v) is 3.77. The van der Waals surface area contributed by atoms with Crippen LogP contribution in [-0.2, 0) is 11.3 Å². The van der Waals surface area contributed by atoms with E-state index in [0.29, 0.717) is 12.0 Å². The zero-order valence-corrected chi connectivity index (χ0v) is 18.0. The molecule has 146 valence electrons. The summed E-state index contributed by atoms with van der Waals surface area (Å²) < 4.78 is 7.41. The van der Waals surface area contributed by atoms with Crippen molar-refractivity contribution in [3.8, 4) is 5.82 Å². The molecule has 2 aliphatic rings. The number of nitrogens with one attached hydrogen (secondary N) is 1. The van der Waals surface area contributed by atoms with Gasteiger partial charge in [-0.2, -0.15) is 5.10 Å². The Balaban J connectivity index is 0.00000210. The van der Waals surface area contributed by atoms with Crippen molar-refractivity contribution < 1.29 is 4.74 Å². The largest absolute Gasteiger partial charge is 0.381 e. The molecule has 2 aromatic rings. The molecule has 1 spiro atoms. The lowest BCUT2D eigenvalue weighted by atomic mass is 9.87. The first-order chi connectivity index (χ1) is 12.8. The quantitative estimate of drug-likeness (QED) is 0.412. The van der Waals surface area contributed by atoms with E-state index in [1.807, 2.05) is 30.6 Å². The molecule has 7 nitrogen and oxygen atoms in total. The summed E-state index contributed by atoms with van der Waals surface area (Å²) in [5.74, 6) is 1.81. The smallest absolute Gasteiger partial charge is 0.194 e. The van der Waals surface area contributed by atoms with Crippen LogP contribution in [0.2, 0.25) is 0 Å². The van der Waals surface area contributed by atoms with Gasteiger partial charge in [0, 0.05) is 50.2 Å². The monoisotopic (exact) mass is 482 g/mol. The molecule has 0 amide bonds. The average Bonchev–Trinajstić information content (AvgIpc) is 3.43. The number of hydrogen-bond acceptors (Lipinski definition) is 4. The van der Waals surface area contributed by atoms with E-state index in [1.54, 1.807) is 10.9 Å². The molecule has 0 radical (unpaired) electrons. The Morgan fingerprint density at radius 2 is 2.30 bits per heavy atom. The first-order valence-corrected chi connectivity index (χ1v) is 9.34. The zero-order chi connectivity index (χ0) is 17.8. The van der Waals surface area contributed by atoms with Gasteiger partial charge in [-0.1, -0.05) is 0 Å². The first kappa shape index (κ1) is 20.1. The lowest BCUT2D eigenvalue weighted by Gasteiger charge is -2.25. The van der Waals surface area contributed by atoms with Crippen LogP contribution in [0.4, 0.5) is 0 Å². The standard InChI is InChI=1S/C19H26N6O.HI/c1-2-20-18(24-10-5-19(14-24)6-11-26-15-19)22-13-16-4-8-21-17(12-16)25-9-3-7-23-25;/h3-4,7-9,12H,2,5-6,10-11,13-15H2,1H3,(H,20,22);1H. The van der Waals surface area contributed by atoms with Gasteiger partial charge in [0.2, 0.25) is 0 Å². The highest BCUT2D eigenvalue weighted by Crippen LogP contribution is 2.38. The van der Waals surface area contributed by atoms with E-state index in [9.17, 15) is 0 Å². The van der Waals surface area contributed by atoms with E-state index in [4.69, 9.17) is 9.73 Å². The van der Waals surface area contributed by atoms with Gasteiger partial charge in [0.15, 0.2) is 11.8 Å². The molecule has 4 heterocycles. The van der Waals surface area contributed by atoms with Crippen LogP contribution in [0.15, 0.2) is 41.8 Å². The molecule has 27 heavy (non-hydrogen) atoms. The van der Waals surface area contributed by atoms with E-state index < -0.39 is 0 Å². The second-order valence-electron chi connectivity index (χ2n) is 7.12. The summed E-state index contributed by atoms with van der Waals surface area (Å²) in [6.45, 7) is 7.47. The van der Waals surface area contributed by atoms with Crippen molar-refractivity contribution in [3.63, 3.8) is 0 Å². The molecule has 2 saturated heterocycles. The van der Waals surface area contributed by atoms with Gasteiger partial charge < -0.3 is 15.0 Å². The summed E-state index contributed by atoms with van der Waals surface area (Å²) in [4.78, 5) is 11.6. The molecule has 0 saturated carbocycles. The van der Waals surface area contributed by atoms with Gasteiger partial charge in [-0.25, -0.2) is 14.7 Å². The summed E-state index contributed by atoms with van der Waals surface area (Å²) in [7, 11) is 0. The maximum Gasteiger partial charge on any atom is 0.194 e. The van der Waals surface area contributed by atoms with Gasteiger partial charge in [-0.3, -0.25) is 0 Å². The van der Waals surface area contributed by atoms with Crippen LogP contribution >= 0.6 is 24.0 Å². The molecule has 1 atom stereocenters. The summed E-state index contributed by atoms with van der Waals surface area (Å²) in [6.07, 6.45) is 7.82. The number of aromatic nitrogens is 3. The summed E-state index contributed by atoms with van der Waals surface area (Å²) in [6, 6.07) is 5.94. The van der Waals surface area contributed by atoms with Gasteiger partial charge in [0.05, 0.1) is 13.2 Å². The normalized spacial score (nSPS) is 22.3. The van der Waals surface area contributed by atoms with Crippen molar-refractivity contribution in [2.75, 3.05) is 32.8 Å². The Bertz CT molecular complexity index is 757. The molecule has 2 aromatic heterocycles. The maximum atomic E-state index is 5.65. The van der Waals surface area contributed by atoms with Gasteiger partial charge in [0.1, 0.15) is 0 Å². The number of pyridine rings is 1. The van der Waals surface area contributed by atoms with Crippen LogP contribution in [0.5, 0.6) is 0 Å². The van der Waals surface area contributed by atoms with E-state index in [0.717, 1.165) is 50.2 Å². The van der Waals surface area contributed by atoms with Gasteiger partial charge in [-0.15, -0.1) is 24.0 Å². The Kier molecular flexibility index (Phi) is 6.69. The minimum absolute atomic E-state index is 0. The van der Waals surface area contributed by atoms with Gasteiger partial charge >= 0.3 is 0 Å². The number of ether oxygens (including phenoxy) is 1. The Hall–Kier alpha value is -1.68. The molecule has 2 aliphatic heterocycles. The first-order valence-electron chi connectivity index (χ1n) is 9.34. The molecule has 2 fully saturated rings. The average molecular weight is 482 g/mol. The highest BCUT2D eigenvalue weighted by molar-refractivity contribution is 14.0. The topological polar surface area (TPSA) is 67.6 Å². The molecular formula is C19H27IN6O. The fraction of sp³-hybridized carbons (Fsp3) is 0.526. The number of likely N-dealkylation sites (tertiary alicyclic amines) is 1. The zero-order valence-electron chi connectivity index (χ0n) is 15.7. The van der Waals surface area contributed by atoms with Crippen LogP contribution in [0.25, 0.3) is 5.82 Å². The number of nitrogens with zero attached hydrogens (tertiary/aromatic N) is 5. The third kappa shape index (κ3) is 4.60. The number of aliphatic imine (C=N–C) groups is 1. The highest BCUT2D eigenvalue weighted by Gasteiger charge is 2.42. The van der Waals surface area contributed by atoms with E-state index >= 15 is 0 Å². The molecule has 0 aromatic carbocycles. The Morgan fingerprint density at radius 3 is 3.04 bits per heavy atom. The lowest BCUT2D eigenvalue weighted by molar-refractivity contribution is 0.156. The van der Waals surface area contributed by atoms with Crippen LogP contribution in [0.1, 0.15) is 25.3 Å². The number of hydrogen-bond donors (Lipinski definition) is 1. The van der Waals surface area contributed by atoms with Crippen molar-refractivity contribution in [1.29, 1.82) is 0 Å². The predicted molar refractivity (Wildman–Crippen MR) is 116 cm³/mol. The SMILES string of the molecule is CCNC(=NCc1ccnc(-n2cccn2)c1)N1CCC2(CCOC2)C1.I. The molecule has 1 unspecified atom stereocenters. The summed E-state index contributed by atoms with van der Waals surface area (Å²) >= 11 is 0. The number of rotatable bonds is 4. The second kappa shape index (κ2) is 9.01. The van der Waals surface area contributed by atoms with Crippen LogP contribution < -0.4 is 5.32 Å². The van der Waals surface area contributed by atoms with Crippen molar-refractivity contribution in [2.45, 2.75) is 26.3 Å². The van der Waals surface area contributed by atoms with Crippen LogP contribution in [0, 0.1) is 5.41 Å². The Labute approximate surface area is 177 Å². The predicted octanol–water partition coefficient (Wildman–Crippen LogP) is 2.46. The minimum Gasteiger partial charge on any atom is -0.381 e. The Morgan fingerprint density at radius 1 is 1.37 bits per heavy atom. The van der Waals surface area contributed by atoms with Crippen molar-refractivity contribution in [3.05, 3.63) is 42.4 Å². The van der Waals surface area contributed by atoms with E-state index in [-0.39, 0.29) is 24.0 Å². The van der Waals surface area contributed by atoms with Crippen molar-refractivity contribution in [2.24, 2.45) is 10.4 Å². The fourth-order valence-electron chi connectivity index (χ4n) is 3.77. The van der Waals surface area contributed by atoms with E-state index in [1.165, 1.54) is 12.8 Å². The van der Waals surface area contributed by atoms with Crippen LogP contribution in [0.3, 0.4) is 0 Å². The third-order valence-electron chi connectivity index (χ3n) is 5.22. The highest BCUT2D eigenvalue weighted by atomic mass is 127. The molecule has 1 N–H and O–H groups in total. The number of guanidine groups is 1. The molecule has 8 heteroatoms. The molecule has 0 aliphatic carbocycles. The molecule has 4 rings (SSSR count). The van der Waals surface area contributed by atoms with Crippen LogP contribution in [-0.4, -0.2) is 58.5 Å². The van der Waals surface area contributed by atoms with E-state index in [2.05, 4.69) is 27.2 Å². The minimum atomic E-state index is 0. The summed E-state index contributed by atoms with van der Waals surface area (Å²) in [5, 5.41) is 7.69. The third-order valence-corrected chi connectivity index (χ3v) is 5.22. The van der Waals surface area contributed by atoms with Gasteiger partial charge in [-0.05, 0) is 43.5 Å². The second-order valence-corrected chi connectivity index (χ2v) is 7.12. The lowest BCUT2D eigenvalue weighted by Crippen LogP contribution is -2.41.